The predicted molar refractivity (Wildman–Crippen MR) is 112 cm³/mol. The Morgan fingerprint density at radius 1 is 0.704 bits per heavy atom. The van der Waals surface area contributed by atoms with Gasteiger partial charge in [0.1, 0.15) is 11.5 Å². The number of hydrogen-bond donors (Lipinski definition) is 0. The van der Waals surface area contributed by atoms with Crippen LogP contribution in [-0.2, 0) is 0 Å². The summed E-state index contributed by atoms with van der Waals surface area (Å²) >= 11 is 0. The number of hydrogen-bond acceptors (Lipinski definition) is 3. The summed E-state index contributed by atoms with van der Waals surface area (Å²) in [4.78, 5) is 4.80. The van der Waals surface area contributed by atoms with Crippen LogP contribution >= 0.6 is 0 Å². The number of aliphatic imine (C=N–C) groups is 1. The summed E-state index contributed by atoms with van der Waals surface area (Å²) in [7, 11) is 3.34. The lowest BCUT2D eigenvalue weighted by molar-refractivity contribution is 0.414. The van der Waals surface area contributed by atoms with Crippen molar-refractivity contribution in [2.45, 2.75) is 6.04 Å². The van der Waals surface area contributed by atoms with Crippen molar-refractivity contribution in [1.82, 2.24) is 0 Å². The van der Waals surface area contributed by atoms with E-state index in [0.29, 0.717) is 0 Å². The summed E-state index contributed by atoms with van der Waals surface area (Å²) in [6.07, 6.45) is 5.87. The molecule has 0 saturated heterocycles. The van der Waals surface area contributed by atoms with Gasteiger partial charge in [0.2, 0.25) is 0 Å². The zero-order chi connectivity index (χ0) is 18.9. The van der Waals surface area contributed by atoms with Crippen LogP contribution in [0.25, 0.3) is 6.08 Å². The topological polar surface area (TPSA) is 30.8 Å². The van der Waals surface area contributed by atoms with Crippen LogP contribution in [0.2, 0.25) is 0 Å². The van der Waals surface area contributed by atoms with Gasteiger partial charge in [0.15, 0.2) is 0 Å². The van der Waals surface area contributed by atoms with Crippen LogP contribution in [0.5, 0.6) is 11.5 Å². The highest BCUT2D eigenvalue weighted by Crippen LogP contribution is 2.28. The fourth-order valence-electron chi connectivity index (χ4n) is 2.79. The molecule has 0 saturated carbocycles. The predicted octanol–water partition coefficient (Wildman–Crippen LogP) is 5.58. The van der Waals surface area contributed by atoms with Gasteiger partial charge in [-0.25, -0.2) is 0 Å². The van der Waals surface area contributed by atoms with Crippen LogP contribution in [0, 0.1) is 0 Å². The quantitative estimate of drug-likeness (QED) is 0.517. The maximum atomic E-state index is 5.27. The number of benzene rings is 3. The molecule has 3 aromatic rings. The first kappa shape index (κ1) is 18.5. The van der Waals surface area contributed by atoms with Crippen molar-refractivity contribution in [3.63, 3.8) is 0 Å². The molecule has 3 nitrogen and oxygen atoms in total. The average Bonchev–Trinajstić information content (AvgIpc) is 2.75. The number of methoxy groups -OCH3 is 2. The van der Waals surface area contributed by atoms with Crippen LogP contribution in [0.4, 0.5) is 0 Å². The Hall–Kier alpha value is -3.33. The molecule has 3 heteroatoms. The Labute approximate surface area is 160 Å². The van der Waals surface area contributed by atoms with Gasteiger partial charge in [0, 0.05) is 6.21 Å². The van der Waals surface area contributed by atoms with Gasteiger partial charge in [-0.3, -0.25) is 4.99 Å². The molecular weight excluding hydrogens is 334 g/mol. The van der Waals surface area contributed by atoms with Crippen LogP contribution < -0.4 is 9.47 Å². The van der Waals surface area contributed by atoms with Crippen LogP contribution in [0.3, 0.4) is 0 Å². The fraction of sp³-hybridized carbons (Fsp3) is 0.125. The first-order chi connectivity index (χ1) is 13.3. The number of rotatable bonds is 7. The van der Waals surface area contributed by atoms with Crippen LogP contribution in [0.1, 0.15) is 22.7 Å². The molecular formula is C24H23NO2. The fourth-order valence-corrected chi connectivity index (χ4v) is 2.79. The minimum Gasteiger partial charge on any atom is -0.497 e. The van der Waals surface area contributed by atoms with Gasteiger partial charge < -0.3 is 9.47 Å². The van der Waals surface area contributed by atoms with E-state index in [4.69, 9.17) is 14.5 Å². The van der Waals surface area contributed by atoms with E-state index in [-0.39, 0.29) is 6.04 Å². The van der Waals surface area contributed by atoms with E-state index in [9.17, 15) is 0 Å². The molecule has 0 aliphatic rings. The monoisotopic (exact) mass is 357 g/mol. The summed E-state index contributed by atoms with van der Waals surface area (Å²) in [6.45, 7) is 0. The third-order valence-electron chi connectivity index (χ3n) is 4.27. The summed E-state index contributed by atoms with van der Waals surface area (Å²) < 4.78 is 10.5. The number of allylic oxidation sites excluding steroid dienone is 1. The van der Waals surface area contributed by atoms with Crippen LogP contribution in [0.15, 0.2) is 89.9 Å². The standard InChI is InChI=1S/C24H23NO2/c1-26-22-14-10-20(11-15-22)24(21-12-16-23(27-2)17-13-21)25-18-6-9-19-7-4-3-5-8-19/h3-18,24H,1-2H3/b9-6+,25-18+. The van der Waals surface area contributed by atoms with Crippen molar-refractivity contribution in [2.75, 3.05) is 14.2 Å². The first-order valence-corrected chi connectivity index (χ1v) is 8.83. The van der Waals surface area contributed by atoms with E-state index in [0.717, 1.165) is 28.2 Å². The number of nitrogens with zero attached hydrogens (tertiary/aromatic N) is 1. The molecule has 0 fully saturated rings. The van der Waals surface area contributed by atoms with Crippen molar-refractivity contribution in [2.24, 2.45) is 4.99 Å². The molecule has 0 aliphatic heterocycles. The summed E-state index contributed by atoms with van der Waals surface area (Å²) in [5, 5.41) is 0. The molecule has 0 N–H and O–H groups in total. The van der Waals surface area contributed by atoms with E-state index < -0.39 is 0 Å². The van der Waals surface area contributed by atoms with Crippen molar-refractivity contribution < 1.29 is 9.47 Å². The lowest BCUT2D eigenvalue weighted by atomic mass is 9.99. The highest BCUT2D eigenvalue weighted by molar-refractivity contribution is 5.78. The zero-order valence-electron chi connectivity index (χ0n) is 15.6. The maximum absolute atomic E-state index is 5.27. The minimum atomic E-state index is -0.0952. The minimum absolute atomic E-state index is 0.0952. The Kier molecular flexibility index (Phi) is 6.42. The van der Waals surface area contributed by atoms with Gasteiger partial charge in [-0.1, -0.05) is 60.7 Å². The maximum Gasteiger partial charge on any atom is 0.118 e. The SMILES string of the molecule is COc1ccc(C(/N=C/C=C/c2ccccc2)c2ccc(OC)cc2)cc1. The van der Waals surface area contributed by atoms with E-state index in [1.807, 2.05) is 85.1 Å². The number of ether oxygens (including phenoxy) is 2. The van der Waals surface area contributed by atoms with Crippen molar-refractivity contribution in [1.29, 1.82) is 0 Å². The van der Waals surface area contributed by atoms with Gasteiger partial charge in [-0.05, 0) is 47.0 Å². The molecule has 0 aliphatic carbocycles. The molecule has 0 radical (unpaired) electrons. The second-order valence-electron chi connectivity index (χ2n) is 6.02. The van der Waals surface area contributed by atoms with E-state index in [2.05, 4.69) is 12.1 Å². The smallest absolute Gasteiger partial charge is 0.118 e. The van der Waals surface area contributed by atoms with Gasteiger partial charge in [0.05, 0.1) is 20.3 Å². The molecule has 0 atom stereocenters. The van der Waals surface area contributed by atoms with Crippen molar-refractivity contribution in [3.05, 3.63) is 102 Å². The molecule has 3 aromatic carbocycles. The lowest BCUT2D eigenvalue weighted by Gasteiger charge is -2.14. The van der Waals surface area contributed by atoms with Crippen molar-refractivity contribution in [3.8, 4) is 11.5 Å². The molecule has 0 spiro atoms. The molecule has 27 heavy (non-hydrogen) atoms. The molecule has 136 valence electrons. The molecule has 0 aromatic heterocycles. The summed E-state index contributed by atoms with van der Waals surface area (Å²) in [6, 6.07) is 26.1. The van der Waals surface area contributed by atoms with E-state index >= 15 is 0 Å². The van der Waals surface area contributed by atoms with Gasteiger partial charge in [0.25, 0.3) is 0 Å². The third-order valence-corrected chi connectivity index (χ3v) is 4.27. The van der Waals surface area contributed by atoms with Crippen LogP contribution in [-0.4, -0.2) is 20.4 Å². The highest BCUT2D eigenvalue weighted by atomic mass is 16.5. The molecule has 0 unspecified atom stereocenters. The Bertz CT molecular complexity index is 834. The lowest BCUT2D eigenvalue weighted by Crippen LogP contribution is -1.99. The average molecular weight is 357 g/mol. The van der Waals surface area contributed by atoms with Gasteiger partial charge >= 0.3 is 0 Å². The Morgan fingerprint density at radius 2 is 1.22 bits per heavy atom. The van der Waals surface area contributed by atoms with E-state index in [1.165, 1.54) is 0 Å². The largest absolute Gasteiger partial charge is 0.497 e. The zero-order valence-corrected chi connectivity index (χ0v) is 15.6. The van der Waals surface area contributed by atoms with Gasteiger partial charge in [-0.15, -0.1) is 0 Å². The molecule has 0 heterocycles. The highest BCUT2D eigenvalue weighted by Gasteiger charge is 2.12. The molecule has 0 bridgehead atoms. The third kappa shape index (κ3) is 5.08. The van der Waals surface area contributed by atoms with Gasteiger partial charge in [-0.2, -0.15) is 0 Å². The molecule has 0 amide bonds. The Balaban J connectivity index is 1.86. The first-order valence-electron chi connectivity index (χ1n) is 8.83. The Morgan fingerprint density at radius 3 is 1.70 bits per heavy atom. The second-order valence-corrected chi connectivity index (χ2v) is 6.02. The van der Waals surface area contributed by atoms with E-state index in [1.54, 1.807) is 14.2 Å². The summed E-state index contributed by atoms with van der Waals surface area (Å²) in [5.74, 6) is 1.67. The molecule has 3 rings (SSSR count). The summed E-state index contributed by atoms with van der Waals surface area (Å²) in [5.41, 5.74) is 3.35. The normalized spacial score (nSPS) is 11.4. The second kappa shape index (κ2) is 9.39. The van der Waals surface area contributed by atoms with Crippen molar-refractivity contribution >= 4 is 12.3 Å².